The first-order valence-corrected chi connectivity index (χ1v) is 9.83. The minimum Gasteiger partial charge on any atom is -0.350 e. The Hall–Kier alpha value is -4.26. The molecule has 0 saturated carbocycles. The molecule has 154 valence electrons. The van der Waals surface area contributed by atoms with E-state index >= 15 is 0 Å². The Morgan fingerprint density at radius 3 is 2.10 bits per heavy atom. The summed E-state index contributed by atoms with van der Waals surface area (Å²) >= 11 is 0. The molecular weight excluding hydrogens is 392 g/mol. The van der Waals surface area contributed by atoms with Crippen molar-refractivity contribution in [2.24, 2.45) is 0 Å². The fourth-order valence-electron chi connectivity index (χ4n) is 3.18. The zero-order valence-corrected chi connectivity index (χ0v) is 16.6. The summed E-state index contributed by atoms with van der Waals surface area (Å²) in [5.41, 5.74) is 2.72. The summed E-state index contributed by atoms with van der Waals surface area (Å²) < 4.78 is 0. The molecule has 1 aromatic heterocycles. The first-order chi connectivity index (χ1) is 15.1. The molecule has 0 spiro atoms. The number of amides is 2. The van der Waals surface area contributed by atoms with Crippen molar-refractivity contribution in [1.29, 1.82) is 0 Å². The van der Waals surface area contributed by atoms with E-state index in [2.05, 4.69) is 20.6 Å². The van der Waals surface area contributed by atoms with Crippen LogP contribution in [0.2, 0.25) is 0 Å². The second-order valence-electron chi connectivity index (χ2n) is 6.89. The first kappa shape index (κ1) is 20.0. The summed E-state index contributed by atoms with van der Waals surface area (Å²) in [5, 5.41) is 5.82. The Kier molecular flexibility index (Phi) is 5.84. The third kappa shape index (κ3) is 4.67. The van der Waals surface area contributed by atoms with Gasteiger partial charge in [0, 0.05) is 18.7 Å². The van der Waals surface area contributed by atoms with Gasteiger partial charge in [-0.25, -0.2) is 4.98 Å². The van der Waals surface area contributed by atoms with E-state index in [4.69, 9.17) is 0 Å². The maximum Gasteiger partial charge on any atom is 0.287 e. The number of fused-ring (bicyclic) bond motifs is 1. The molecule has 31 heavy (non-hydrogen) atoms. The lowest BCUT2D eigenvalue weighted by Gasteiger charge is -2.08. The van der Waals surface area contributed by atoms with Gasteiger partial charge < -0.3 is 15.6 Å². The van der Waals surface area contributed by atoms with Crippen molar-refractivity contribution in [2.75, 3.05) is 13.1 Å². The SMILES string of the molecule is O=C(NCCNC(=O)c1nc2ccccc2c(=O)[nH]1)c1ccc(-c2ccccc2)cc1. The van der Waals surface area contributed by atoms with Crippen LogP contribution in [-0.2, 0) is 0 Å². The minimum atomic E-state index is -0.510. The molecule has 2 amide bonds. The van der Waals surface area contributed by atoms with Crippen LogP contribution in [0.15, 0.2) is 83.7 Å². The van der Waals surface area contributed by atoms with Gasteiger partial charge in [0.15, 0.2) is 5.82 Å². The highest BCUT2D eigenvalue weighted by Gasteiger charge is 2.11. The second-order valence-corrected chi connectivity index (χ2v) is 6.89. The largest absolute Gasteiger partial charge is 0.350 e. The van der Waals surface area contributed by atoms with Crippen LogP contribution in [-0.4, -0.2) is 34.9 Å². The van der Waals surface area contributed by atoms with E-state index < -0.39 is 5.91 Å². The van der Waals surface area contributed by atoms with E-state index in [9.17, 15) is 14.4 Å². The Morgan fingerprint density at radius 2 is 1.35 bits per heavy atom. The molecule has 3 aromatic carbocycles. The number of aromatic nitrogens is 2. The van der Waals surface area contributed by atoms with Gasteiger partial charge >= 0.3 is 0 Å². The van der Waals surface area contributed by atoms with E-state index in [0.717, 1.165) is 11.1 Å². The average molecular weight is 412 g/mol. The van der Waals surface area contributed by atoms with Gasteiger partial charge in [-0.3, -0.25) is 14.4 Å². The number of aromatic amines is 1. The summed E-state index contributed by atoms with van der Waals surface area (Å²) in [5.74, 6) is -0.804. The Bertz CT molecular complexity index is 1280. The monoisotopic (exact) mass is 412 g/mol. The normalized spacial score (nSPS) is 10.6. The zero-order valence-electron chi connectivity index (χ0n) is 16.6. The molecule has 0 aliphatic heterocycles. The molecule has 0 aliphatic rings. The average Bonchev–Trinajstić information content (AvgIpc) is 2.82. The maximum atomic E-state index is 12.3. The fraction of sp³-hybridized carbons (Fsp3) is 0.0833. The Labute approximate surface area is 178 Å². The number of carbonyl (C=O) groups is 2. The van der Waals surface area contributed by atoms with E-state index in [0.29, 0.717) is 16.5 Å². The van der Waals surface area contributed by atoms with E-state index in [1.54, 1.807) is 36.4 Å². The smallest absolute Gasteiger partial charge is 0.287 e. The standard InChI is InChI=1S/C24H20N4O3/c29-22(18-12-10-17(11-13-18)16-6-2-1-3-7-16)25-14-15-26-24(31)21-27-20-9-5-4-8-19(20)23(30)28-21/h1-13H,14-15H2,(H,25,29)(H,26,31)(H,27,28,30). The number of carbonyl (C=O) groups excluding carboxylic acids is 2. The van der Waals surface area contributed by atoms with Crippen LogP contribution in [0.1, 0.15) is 21.0 Å². The number of nitrogens with zero attached hydrogens (tertiary/aromatic N) is 1. The van der Waals surface area contributed by atoms with Crippen LogP contribution >= 0.6 is 0 Å². The molecule has 1 heterocycles. The summed E-state index contributed by atoms with van der Waals surface area (Å²) in [7, 11) is 0. The molecule has 0 unspecified atom stereocenters. The van der Waals surface area contributed by atoms with Crippen molar-refractivity contribution in [1.82, 2.24) is 20.6 Å². The Balaban J connectivity index is 1.30. The van der Waals surface area contributed by atoms with Crippen molar-refractivity contribution in [3.8, 4) is 11.1 Å². The maximum absolute atomic E-state index is 12.3. The first-order valence-electron chi connectivity index (χ1n) is 9.83. The molecular formula is C24H20N4O3. The van der Waals surface area contributed by atoms with Crippen LogP contribution in [0.3, 0.4) is 0 Å². The van der Waals surface area contributed by atoms with Gasteiger partial charge in [-0.05, 0) is 35.4 Å². The number of hydrogen-bond acceptors (Lipinski definition) is 4. The van der Waals surface area contributed by atoms with Crippen LogP contribution < -0.4 is 16.2 Å². The van der Waals surface area contributed by atoms with Crippen LogP contribution in [0, 0.1) is 0 Å². The third-order valence-electron chi connectivity index (χ3n) is 4.78. The summed E-state index contributed by atoms with van der Waals surface area (Å²) in [6.07, 6.45) is 0. The van der Waals surface area contributed by atoms with Crippen molar-refractivity contribution in [3.05, 3.63) is 101 Å². The Morgan fingerprint density at radius 1 is 0.742 bits per heavy atom. The lowest BCUT2D eigenvalue weighted by atomic mass is 10.0. The highest BCUT2D eigenvalue weighted by molar-refractivity contribution is 5.95. The highest BCUT2D eigenvalue weighted by Crippen LogP contribution is 2.19. The van der Waals surface area contributed by atoms with E-state index in [1.165, 1.54) is 0 Å². The number of rotatable bonds is 6. The number of benzene rings is 3. The van der Waals surface area contributed by atoms with Gasteiger partial charge in [0.25, 0.3) is 17.4 Å². The molecule has 4 aromatic rings. The second kappa shape index (κ2) is 9.04. The molecule has 4 rings (SSSR count). The highest BCUT2D eigenvalue weighted by atomic mass is 16.2. The quantitative estimate of drug-likeness (QED) is 0.424. The van der Waals surface area contributed by atoms with Gasteiger partial charge in [0.05, 0.1) is 10.9 Å². The van der Waals surface area contributed by atoms with Crippen molar-refractivity contribution in [2.45, 2.75) is 0 Å². The summed E-state index contributed by atoms with van der Waals surface area (Å²) in [6.45, 7) is 0.437. The number of para-hydroxylation sites is 1. The molecule has 0 saturated heterocycles. The van der Waals surface area contributed by atoms with Crippen molar-refractivity contribution < 1.29 is 9.59 Å². The van der Waals surface area contributed by atoms with Crippen molar-refractivity contribution in [3.63, 3.8) is 0 Å². The number of hydrogen-bond donors (Lipinski definition) is 3. The van der Waals surface area contributed by atoms with Gasteiger partial charge in [-0.15, -0.1) is 0 Å². The third-order valence-corrected chi connectivity index (χ3v) is 4.78. The zero-order chi connectivity index (χ0) is 21.6. The molecule has 0 radical (unpaired) electrons. The molecule has 7 nitrogen and oxygen atoms in total. The molecule has 0 fully saturated rings. The summed E-state index contributed by atoms with van der Waals surface area (Å²) in [6, 6.07) is 24.0. The van der Waals surface area contributed by atoms with Gasteiger partial charge in [0.1, 0.15) is 0 Å². The fourth-order valence-corrected chi connectivity index (χ4v) is 3.18. The molecule has 0 atom stereocenters. The number of H-pyrrole nitrogens is 1. The topological polar surface area (TPSA) is 104 Å². The molecule has 0 aliphatic carbocycles. The van der Waals surface area contributed by atoms with Gasteiger partial charge in [-0.2, -0.15) is 0 Å². The van der Waals surface area contributed by atoms with Gasteiger partial charge in [-0.1, -0.05) is 54.6 Å². The van der Waals surface area contributed by atoms with Crippen LogP contribution in [0.4, 0.5) is 0 Å². The van der Waals surface area contributed by atoms with Gasteiger partial charge in [0.2, 0.25) is 0 Å². The lowest BCUT2D eigenvalue weighted by molar-refractivity contribution is 0.0922. The van der Waals surface area contributed by atoms with E-state index in [-0.39, 0.29) is 30.4 Å². The summed E-state index contributed by atoms with van der Waals surface area (Å²) in [4.78, 5) is 43.3. The molecule has 0 bridgehead atoms. The predicted octanol–water partition coefficient (Wildman–Crippen LogP) is 2.75. The minimum absolute atomic E-state index is 0.0634. The molecule has 3 N–H and O–H groups in total. The van der Waals surface area contributed by atoms with E-state index in [1.807, 2.05) is 42.5 Å². The van der Waals surface area contributed by atoms with Crippen LogP contribution in [0.25, 0.3) is 22.0 Å². The van der Waals surface area contributed by atoms with Crippen LogP contribution in [0.5, 0.6) is 0 Å². The predicted molar refractivity (Wildman–Crippen MR) is 119 cm³/mol. The molecule has 7 heteroatoms. The van der Waals surface area contributed by atoms with Crippen molar-refractivity contribution >= 4 is 22.7 Å². The number of nitrogens with one attached hydrogen (secondary N) is 3. The lowest BCUT2D eigenvalue weighted by Crippen LogP contribution is -2.36.